The summed E-state index contributed by atoms with van der Waals surface area (Å²) in [6.07, 6.45) is 13.3. The zero-order valence-corrected chi connectivity index (χ0v) is 25.0. The zero-order chi connectivity index (χ0) is 26.8. The number of hydrogen-bond acceptors (Lipinski definition) is 2. The Labute approximate surface area is 218 Å². The molecule has 4 heteroatoms. The smallest absolute Gasteiger partial charge is 0.229 e. The van der Waals surface area contributed by atoms with Crippen molar-refractivity contribution in [1.82, 2.24) is 9.80 Å². The van der Waals surface area contributed by atoms with Crippen LogP contribution in [0.4, 0.5) is 0 Å². The predicted octanol–water partition coefficient (Wildman–Crippen LogP) is 8.01. The lowest BCUT2D eigenvalue weighted by Crippen LogP contribution is -2.38. The van der Waals surface area contributed by atoms with Crippen molar-refractivity contribution < 1.29 is 9.59 Å². The van der Waals surface area contributed by atoms with Gasteiger partial charge in [0, 0.05) is 25.2 Å². The number of amides is 2. The minimum absolute atomic E-state index is 0.0136. The summed E-state index contributed by atoms with van der Waals surface area (Å²) in [5, 5.41) is 0. The first-order valence-corrected chi connectivity index (χ1v) is 14.8. The van der Waals surface area contributed by atoms with Crippen molar-refractivity contribution in [3.05, 3.63) is 11.6 Å². The Kier molecular flexibility index (Phi) is 13.1. The molecule has 3 rings (SSSR count). The van der Waals surface area contributed by atoms with E-state index in [0.29, 0.717) is 29.8 Å². The van der Waals surface area contributed by atoms with Gasteiger partial charge in [0.2, 0.25) is 11.8 Å². The van der Waals surface area contributed by atoms with Crippen molar-refractivity contribution in [3.8, 4) is 0 Å². The molecule has 2 amide bonds. The summed E-state index contributed by atoms with van der Waals surface area (Å²) in [7, 11) is 0. The fraction of sp³-hybridized carbons (Fsp3) is 0.871. The van der Waals surface area contributed by atoms with E-state index in [1.807, 2.05) is 13.8 Å². The number of allylic oxidation sites excluding steroid dienone is 2. The van der Waals surface area contributed by atoms with Gasteiger partial charge in [-0.05, 0) is 85.0 Å². The van der Waals surface area contributed by atoms with Crippen molar-refractivity contribution >= 4 is 11.8 Å². The number of rotatable bonds is 7. The van der Waals surface area contributed by atoms with Crippen LogP contribution in [-0.2, 0) is 9.59 Å². The number of unbranched alkanes of at least 4 members (excludes halogenated alkanes) is 1. The summed E-state index contributed by atoms with van der Waals surface area (Å²) in [6.45, 7) is 23.3. The Bertz CT molecular complexity index is 696. The normalized spacial score (nSPS) is 26.7. The SMILES string of the molecule is CC.CC(C)C1=CCCC2(CC1)CCN(C(C)C)C2=O.CCCCC1(CC)CCN(C(C)C)C1=O. The maximum atomic E-state index is 12.7. The van der Waals surface area contributed by atoms with Crippen LogP contribution in [-0.4, -0.2) is 46.8 Å². The third-order valence-corrected chi connectivity index (χ3v) is 8.69. The van der Waals surface area contributed by atoms with Gasteiger partial charge in [-0.3, -0.25) is 9.59 Å². The summed E-state index contributed by atoms with van der Waals surface area (Å²) in [5.74, 6) is 1.47. The summed E-state index contributed by atoms with van der Waals surface area (Å²) >= 11 is 0. The van der Waals surface area contributed by atoms with Crippen molar-refractivity contribution in [2.75, 3.05) is 13.1 Å². The van der Waals surface area contributed by atoms with Gasteiger partial charge in [-0.25, -0.2) is 0 Å². The van der Waals surface area contributed by atoms with Crippen LogP contribution in [0.15, 0.2) is 11.6 Å². The molecule has 0 radical (unpaired) electrons. The molecule has 4 nitrogen and oxygen atoms in total. The number of hydrogen-bond donors (Lipinski definition) is 0. The Morgan fingerprint density at radius 2 is 1.40 bits per heavy atom. The molecule has 3 aliphatic rings. The van der Waals surface area contributed by atoms with Gasteiger partial charge in [0.25, 0.3) is 0 Å². The molecule has 2 saturated heterocycles. The van der Waals surface area contributed by atoms with Gasteiger partial charge in [-0.2, -0.15) is 0 Å². The van der Waals surface area contributed by atoms with Crippen molar-refractivity contribution in [1.29, 1.82) is 0 Å². The van der Waals surface area contributed by atoms with Crippen LogP contribution in [0.5, 0.6) is 0 Å². The van der Waals surface area contributed by atoms with E-state index in [2.05, 4.69) is 71.3 Å². The highest BCUT2D eigenvalue weighted by atomic mass is 16.2. The second kappa shape index (κ2) is 14.4. The summed E-state index contributed by atoms with van der Waals surface area (Å²) in [4.78, 5) is 29.1. The molecule has 0 aromatic carbocycles. The van der Waals surface area contributed by atoms with Gasteiger partial charge in [0.1, 0.15) is 0 Å². The lowest BCUT2D eigenvalue weighted by molar-refractivity contribution is -0.138. The summed E-state index contributed by atoms with van der Waals surface area (Å²) in [6, 6.07) is 0.727. The van der Waals surface area contributed by atoms with Gasteiger partial charge in [-0.15, -0.1) is 0 Å². The molecule has 2 heterocycles. The fourth-order valence-corrected chi connectivity index (χ4v) is 6.07. The predicted molar refractivity (Wildman–Crippen MR) is 150 cm³/mol. The van der Waals surface area contributed by atoms with Crippen molar-refractivity contribution in [2.24, 2.45) is 16.7 Å². The second-order valence-corrected chi connectivity index (χ2v) is 11.7. The van der Waals surface area contributed by atoms with Crippen LogP contribution in [0.25, 0.3) is 0 Å². The first-order chi connectivity index (χ1) is 16.5. The van der Waals surface area contributed by atoms with Crippen LogP contribution in [0, 0.1) is 16.7 Å². The van der Waals surface area contributed by atoms with Gasteiger partial charge < -0.3 is 9.80 Å². The zero-order valence-electron chi connectivity index (χ0n) is 25.0. The number of carbonyl (C=O) groups is 2. The number of likely N-dealkylation sites (tertiary alicyclic amines) is 2. The van der Waals surface area contributed by atoms with Gasteiger partial charge >= 0.3 is 0 Å². The van der Waals surface area contributed by atoms with E-state index >= 15 is 0 Å². The first kappa shape index (κ1) is 31.7. The topological polar surface area (TPSA) is 40.6 Å². The van der Waals surface area contributed by atoms with Crippen LogP contribution in [0.3, 0.4) is 0 Å². The maximum absolute atomic E-state index is 12.7. The molecule has 2 fully saturated rings. The quantitative estimate of drug-likeness (QED) is 0.339. The van der Waals surface area contributed by atoms with E-state index in [4.69, 9.17) is 0 Å². The average Bonchev–Trinajstić information content (AvgIpc) is 3.22. The third-order valence-electron chi connectivity index (χ3n) is 8.69. The minimum atomic E-state index is -0.0303. The molecule has 0 aromatic rings. The van der Waals surface area contributed by atoms with E-state index in [9.17, 15) is 9.59 Å². The Hall–Kier alpha value is -1.32. The van der Waals surface area contributed by atoms with E-state index < -0.39 is 0 Å². The van der Waals surface area contributed by atoms with Crippen molar-refractivity contribution in [3.63, 3.8) is 0 Å². The lowest BCUT2D eigenvalue weighted by atomic mass is 9.78. The van der Waals surface area contributed by atoms with Crippen LogP contribution >= 0.6 is 0 Å². The molecule has 204 valence electrons. The molecular formula is C31H58N2O2. The third kappa shape index (κ3) is 7.59. The molecule has 1 spiro atoms. The number of carbonyl (C=O) groups excluding carboxylic acids is 2. The molecule has 0 N–H and O–H groups in total. The van der Waals surface area contributed by atoms with Crippen LogP contribution in [0.1, 0.15) is 133 Å². The Morgan fingerprint density at radius 3 is 1.86 bits per heavy atom. The van der Waals surface area contributed by atoms with E-state index in [-0.39, 0.29) is 10.8 Å². The average molecular weight is 491 g/mol. The van der Waals surface area contributed by atoms with Gasteiger partial charge in [0.05, 0.1) is 10.8 Å². The van der Waals surface area contributed by atoms with E-state index in [1.54, 1.807) is 5.57 Å². The molecule has 2 unspecified atom stereocenters. The van der Waals surface area contributed by atoms with Crippen molar-refractivity contribution in [2.45, 2.75) is 146 Å². The molecule has 0 bridgehead atoms. The highest BCUT2D eigenvalue weighted by Crippen LogP contribution is 2.45. The van der Waals surface area contributed by atoms with E-state index in [1.165, 1.54) is 12.8 Å². The summed E-state index contributed by atoms with van der Waals surface area (Å²) < 4.78 is 0. The fourth-order valence-electron chi connectivity index (χ4n) is 6.07. The molecule has 0 saturated carbocycles. The maximum Gasteiger partial charge on any atom is 0.229 e. The van der Waals surface area contributed by atoms with Crippen LogP contribution in [0.2, 0.25) is 0 Å². The van der Waals surface area contributed by atoms with E-state index in [0.717, 1.165) is 64.5 Å². The van der Waals surface area contributed by atoms with Gasteiger partial charge in [-0.1, -0.05) is 66.0 Å². The molecule has 2 aliphatic heterocycles. The highest BCUT2D eigenvalue weighted by molar-refractivity contribution is 5.85. The second-order valence-electron chi connectivity index (χ2n) is 11.7. The molecule has 0 aromatic heterocycles. The summed E-state index contributed by atoms with van der Waals surface area (Å²) in [5.41, 5.74) is 1.51. The highest BCUT2D eigenvalue weighted by Gasteiger charge is 2.47. The standard InChI is InChI=1S/C16H27NO.C13H25NO.C2H6/c1-12(2)14-6-5-8-16(9-7-14)10-11-17(13(3)4)15(16)18;1-5-7-8-13(6-2)9-10-14(11(3)4)12(13)15;1-2/h6,12-13H,5,7-11H2,1-4H3;11H,5-10H2,1-4H3;1-2H3. The Balaban J connectivity index is 0.000000332. The molecule has 1 aliphatic carbocycles. The minimum Gasteiger partial charge on any atom is -0.340 e. The molecular weight excluding hydrogens is 432 g/mol. The molecule has 35 heavy (non-hydrogen) atoms. The lowest BCUT2D eigenvalue weighted by Gasteiger charge is -2.28. The number of nitrogens with zero attached hydrogens (tertiary/aromatic N) is 2. The first-order valence-electron chi connectivity index (χ1n) is 14.8. The monoisotopic (exact) mass is 490 g/mol. The molecule has 2 atom stereocenters. The van der Waals surface area contributed by atoms with Gasteiger partial charge in [0.15, 0.2) is 0 Å². The van der Waals surface area contributed by atoms with Crippen LogP contribution < -0.4 is 0 Å². The largest absolute Gasteiger partial charge is 0.340 e. The Morgan fingerprint density at radius 1 is 0.829 bits per heavy atom.